The molecule has 1 aromatic rings. The molecule has 0 atom stereocenters. The molecule has 0 aliphatic rings. The van der Waals surface area contributed by atoms with E-state index < -0.39 is 22.3 Å². The van der Waals surface area contributed by atoms with Gasteiger partial charge in [0, 0.05) is 12.6 Å². The fraction of sp³-hybridized carbons (Fsp3) is 0.500. The minimum absolute atomic E-state index is 0.194. The molecule has 0 unspecified atom stereocenters. The minimum atomic E-state index is -4.23. The Morgan fingerprint density at radius 3 is 1.96 bits per heavy atom. The zero-order valence-corrected chi connectivity index (χ0v) is 15.3. The van der Waals surface area contributed by atoms with Crippen molar-refractivity contribution in [2.45, 2.75) is 26.8 Å². The summed E-state index contributed by atoms with van der Waals surface area (Å²) in [5.74, 6) is 0.992. The van der Waals surface area contributed by atoms with Crippen LogP contribution in [0.1, 0.15) is 20.8 Å². The van der Waals surface area contributed by atoms with Crippen LogP contribution in [0.2, 0.25) is 5.28 Å². The standard InChI is InChI=1S/C8H14ClN5.C2H6N4O4S/c1-4-10-7-12-6(9)13-8(14-7)11-5(2)3;3-1(7)5-11(9,10)6-2(4)8/h5H,4H2,1-3H3,(H2,10,11,12,13,14);(H3,3,5,7)(H3,4,6,8). The number of amides is 4. The van der Waals surface area contributed by atoms with Gasteiger partial charge in [-0.05, 0) is 32.4 Å². The Kier molecular flexibility index (Phi) is 9.22. The average Bonchev–Trinajstić information content (AvgIpc) is 2.34. The first kappa shape index (κ1) is 22.4. The van der Waals surface area contributed by atoms with Gasteiger partial charge in [-0.15, -0.1) is 0 Å². The fourth-order valence-corrected chi connectivity index (χ4v) is 1.94. The molecule has 0 radical (unpaired) electrons. The van der Waals surface area contributed by atoms with Crippen LogP contribution in [-0.2, 0) is 10.2 Å². The van der Waals surface area contributed by atoms with Crippen molar-refractivity contribution >= 4 is 45.8 Å². The number of hydrogen-bond acceptors (Lipinski definition) is 9. The third-order valence-electron chi connectivity index (χ3n) is 1.83. The number of nitrogens with two attached hydrogens (primary N) is 2. The maximum atomic E-state index is 10.4. The van der Waals surface area contributed by atoms with E-state index in [1.54, 1.807) is 0 Å². The van der Waals surface area contributed by atoms with E-state index in [1.165, 1.54) is 9.44 Å². The van der Waals surface area contributed by atoms with Gasteiger partial charge in [0.15, 0.2) is 0 Å². The highest BCUT2D eigenvalue weighted by molar-refractivity contribution is 7.88. The van der Waals surface area contributed by atoms with Crippen LogP contribution in [0, 0.1) is 0 Å². The van der Waals surface area contributed by atoms with Crippen molar-refractivity contribution in [2.24, 2.45) is 11.5 Å². The van der Waals surface area contributed by atoms with Gasteiger partial charge in [0.1, 0.15) is 0 Å². The fourth-order valence-electron chi connectivity index (χ4n) is 1.20. The molecule has 1 rings (SSSR count). The number of nitrogens with zero attached hydrogens (tertiary/aromatic N) is 3. The first-order valence-corrected chi connectivity index (χ1v) is 8.62. The summed E-state index contributed by atoms with van der Waals surface area (Å²) in [7, 11) is -4.23. The van der Waals surface area contributed by atoms with E-state index in [0.29, 0.717) is 11.9 Å². The van der Waals surface area contributed by atoms with Crippen LogP contribution in [0.25, 0.3) is 0 Å². The van der Waals surface area contributed by atoms with Crippen LogP contribution in [0.3, 0.4) is 0 Å². The Hall–Kier alpha value is -2.61. The summed E-state index contributed by atoms with van der Waals surface area (Å²) >= 11 is 5.73. The number of carbonyl (C=O) groups excluding carboxylic acids is 2. The van der Waals surface area contributed by atoms with Crippen molar-refractivity contribution < 1.29 is 18.0 Å². The molecular weight excluding hydrogens is 378 g/mol. The summed E-state index contributed by atoms with van der Waals surface area (Å²) in [5.41, 5.74) is 8.87. The summed E-state index contributed by atoms with van der Waals surface area (Å²) in [6.45, 7) is 6.73. The molecule has 13 nitrogen and oxygen atoms in total. The highest BCUT2D eigenvalue weighted by Crippen LogP contribution is 2.09. The van der Waals surface area contributed by atoms with Crippen LogP contribution in [0.4, 0.5) is 21.5 Å². The van der Waals surface area contributed by atoms with E-state index in [0.717, 1.165) is 6.54 Å². The number of anilines is 2. The molecule has 0 spiro atoms. The lowest BCUT2D eigenvalue weighted by Crippen LogP contribution is -2.46. The summed E-state index contributed by atoms with van der Waals surface area (Å²) < 4.78 is 23.4. The molecule has 8 N–H and O–H groups in total. The Labute approximate surface area is 149 Å². The van der Waals surface area contributed by atoms with Gasteiger partial charge < -0.3 is 22.1 Å². The van der Waals surface area contributed by atoms with Crippen molar-refractivity contribution in [3.8, 4) is 0 Å². The van der Waals surface area contributed by atoms with Crippen LogP contribution in [0.15, 0.2) is 0 Å². The Bertz CT molecular complexity index is 676. The number of halogens is 1. The highest BCUT2D eigenvalue weighted by atomic mass is 35.5. The second-order valence-corrected chi connectivity index (χ2v) is 6.27. The predicted octanol–water partition coefficient (Wildman–Crippen LogP) is -0.655. The molecule has 0 aliphatic carbocycles. The maximum absolute atomic E-state index is 10.4. The second kappa shape index (κ2) is 10.3. The largest absolute Gasteiger partial charge is 0.354 e. The number of aromatic nitrogens is 3. The lowest BCUT2D eigenvalue weighted by atomic mass is 10.4. The zero-order chi connectivity index (χ0) is 19.6. The number of urea groups is 2. The molecule has 25 heavy (non-hydrogen) atoms. The van der Waals surface area contributed by atoms with E-state index in [-0.39, 0.29) is 11.3 Å². The molecule has 1 aromatic heterocycles. The van der Waals surface area contributed by atoms with Gasteiger partial charge in [-0.3, -0.25) is 0 Å². The van der Waals surface area contributed by atoms with Crippen LogP contribution in [0.5, 0.6) is 0 Å². The molecule has 0 saturated heterocycles. The van der Waals surface area contributed by atoms with Gasteiger partial charge >= 0.3 is 22.3 Å². The first-order chi connectivity index (χ1) is 11.4. The lowest BCUT2D eigenvalue weighted by molar-refractivity contribution is 0.252. The number of rotatable bonds is 6. The third-order valence-corrected chi connectivity index (χ3v) is 2.94. The highest BCUT2D eigenvalue weighted by Gasteiger charge is 2.12. The van der Waals surface area contributed by atoms with Gasteiger partial charge in [-0.25, -0.2) is 19.0 Å². The van der Waals surface area contributed by atoms with Crippen molar-refractivity contribution in [3.05, 3.63) is 5.28 Å². The molecule has 142 valence electrons. The SMILES string of the molecule is CCNc1nc(Cl)nc(NC(C)C)n1.NC(=O)NS(=O)(=O)NC(N)=O. The minimum Gasteiger partial charge on any atom is -0.354 e. The summed E-state index contributed by atoms with van der Waals surface area (Å²) in [6, 6.07) is -2.35. The Morgan fingerprint density at radius 2 is 1.56 bits per heavy atom. The van der Waals surface area contributed by atoms with Gasteiger partial charge in [0.05, 0.1) is 0 Å². The summed E-state index contributed by atoms with van der Waals surface area (Å²) in [4.78, 5) is 31.9. The Balaban J connectivity index is 0.000000477. The molecule has 4 amide bonds. The number of nitrogens with one attached hydrogen (secondary N) is 4. The van der Waals surface area contributed by atoms with Gasteiger partial charge in [-0.2, -0.15) is 23.4 Å². The van der Waals surface area contributed by atoms with E-state index >= 15 is 0 Å². The van der Waals surface area contributed by atoms with Crippen molar-refractivity contribution in [1.29, 1.82) is 0 Å². The van der Waals surface area contributed by atoms with Crippen LogP contribution in [-0.4, -0.2) is 48.0 Å². The molecule has 1 heterocycles. The zero-order valence-electron chi connectivity index (χ0n) is 13.7. The van der Waals surface area contributed by atoms with E-state index in [1.807, 2.05) is 20.8 Å². The van der Waals surface area contributed by atoms with Gasteiger partial charge in [0.25, 0.3) is 0 Å². The van der Waals surface area contributed by atoms with Crippen LogP contribution >= 0.6 is 11.6 Å². The van der Waals surface area contributed by atoms with Crippen molar-refractivity contribution in [3.63, 3.8) is 0 Å². The summed E-state index contributed by atoms with van der Waals surface area (Å²) in [5, 5.41) is 6.23. The first-order valence-electron chi connectivity index (χ1n) is 6.76. The topological polar surface area (TPSA) is 207 Å². The molecule has 0 aromatic carbocycles. The molecule has 0 aliphatic heterocycles. The molecular formula is C10H20ClN9O4S. The van der Waals surface area contributed by atoms with Gasteiger partial charge in [0.2, 0.25) is 17.2 Å². The smallest absolute Gasteiger partial charge is 0.328 e. The van der Waals surface area contributed by atoms with Crippen LogP contribution < -0.4 is 31.5 Å². The number of carbonyl (C=O) groups is 2. The van der Waals surface area contributed by atoms with Crippen molar-refractivity contribution in [2.75, 3.05) is 17.2 Å². The maximum Gasteiger partial charge on any atom is 0.328 e. The monoisotopic (exact) mass is 397 g/mol. The third kappa shape index (κ3) is 11.5. The average molecular weight is 398 g/mol. The number of hydrogen-bond donors (Lipinski definition) is 6. The number of primary amides is 2. The molecule has 0 fully saturated rings. The van der Waals surface area contributed by atoms with E-state index in [9.17, 15) is 18.0 Å². The molecule has 0 saturated carbocycles. The Morgan fingerprint density at radius 1 is 1.08 bits per heavy atom. The predicted molar refractivity (Wildman–Crippen MR) is 92.1 cm³/mol. The molecule has 0 bridgehead atoms. The summed E-state index contributed by atoms with van der Waals surface area (Å²) in [6.07, 6.45) is 0. The van der Waals surface area contributed by atoms with E-state index in [4.69, 9.17) is 11.6 Å². The second-order valence-electron chi connectivity index (χ2n) is 4.52. The van der Waals surface area contributed by atoms with Gasteiger partial charge in [-0.1, -0.05) is 0 Å². The quantitative estimate of drug-likeness (QED) is 0.359. The molecule has 15 heteroatoms. The van der Waals surface area contributed by atoms with Crippen molar-refractivity contribution in [1.82, 2.24) is 24.4 Å². The normalized spacial score (nSPS) is 10.3. The van der Waals surface area contributed by atoms with E-state index in [2.05, 4.69) is 37.1 Å². The lowest BCUT2D eigenvalue weighted by Gasteiger charge is -2.09.